The van der Waals surface area contributed by atoms with Crippen molar-refractivity contribution >= 4 is 11.6 Å². The molecule has 8 heteroatoms. The van der Waals surface area contributed by atoms with E-state index in [-0.39, 0.29) is 23.8 Å². The van der Waals surface area contributed by atoms with Gasteiger partial charge in [-0.1, -0.05) is 0 Å². The number of nitrogens with one attached hydrogen (secondary N) is 1. The lowest BCUT2D eigenvalue weighted by molar-refractivity contribution is -0.144. The van der Waals surface area contributed by atoms with E-state index >= 15 is 0 Å². The molecule has 0 radical (unpaired) electrons. The van der Waals surface area contributed by atoms with Crippen molar-refractivity contribution in [2.24, 2.45) is 0 Å². The molecule has 2 atom stereocenters. The van der Waals surface area contributed by atoms with Crippen LogP contribution in [-0.2, 0) is 10.9 Å². The highest BCUT2D eigenvalue weighted by molar-refractivity contribution is 5.50. The first-order valence-corrected chi connectivity index (χ1v) is 6.31. The lowest BCUT2D eigenvalue weighted by atomic mass is 10.1. The summed E-state index contributed by atoms with van der Waals surface area (Å²) in [6.45, 7) is 2.51. The minimum Gasteiger partial charge on any atom is -0.376 e. The third-order valence-electron chi connectivity index (χ3n) is 3.42. The predicted octanol–water partition coefficient (Wildman–Crippen LogP) is 2.15. The van der Waals surface area contributed by atoms with Gasteiger partial charge in [0.1, 0.15) is 11.6 Å². The largest absolute Gasteiger partial charge is 0.451 e. The molecule has 1 aromatic heterocycles. The van der Waals surface area contributed by atoms with Crippen LogP contribution >= 0.6 is 0 Å². The highest BCUT2D eigenvalue weighted by Gasteiger charge is 2.36. The van der Waals surface area contributed by atoms with Crippen LogP contribution in [0.5, 0.6) is 0 Å². The molecule has 1 aromatic rings. The van der Waals surface area contributed by atoms with Gasteiger partial charge in [-0.25, -0.2) is 9.97 Å². The van der Waals surface area contributed by atoms with Crippen molar-refractivity contribution in [2.75, 3.05) is 30.9 Å². The SMILES string of the molecule is CNc1cc(N(C)C2CCOC2C)nc(C(F)(F)F)n1. The Morgan fingerprint density at radius 1 is 1.40 bits per heavy atom. The van der Waals surface area contributed by atoms with Crippen LogP contribution in [0.15, 0.2) is 6.07 Å². The van der Waals surface area contributed by atoms with Gasteiger partial charge in [-0.15, -0.1) is 0 Å². The molecule has 1 aliphatic heterocycles. The summed E-state index contributed by atoms with van der Waals surface area (Å²) in [6, 6.07) is 1.51. The summed E-state index contributed by atoms with van der Waals surface area (Å²) >= 11 is 0. The average Bonchev–Trinajstić information content (AvgIpc) is 2.82. The molecule has 1 N–H and O–H groups in total. The molecule has 112 valence electrons. The van der Waals surface area contributed by atoms with E-state index in [9.17, 15) is 13.2 Å². The zero-order chi connectivity index (χ0) is 14.9. The van der Waals surface area contributed by atoms with Gasteiger partial charge in [0.2, 0.25) is 5.82 Å². The number of hydrogen-bond acceptors (Lipinski definition) is 5. The van der Waals surface area contributed by atoms with Gasteiger partial charge in [-0.2, -0.15) is 13.2 Å². The Morgan fingerprint density at radius 2 is 2.10 bits per heavy atom. The zero-order valence-corrected chi connectivity index (χ0v) is 11.5. The molecule has 1 fully saturated rings. The van der Waals surface area contributed by atoms with Crippen LogP contribution in [0.25, 0.3) is 0 Å². The molecule has 0 spiro atoms. The molecule has 2 rings (SSSR count). The summed E-state index contributed by atoms with van der Waals surface area (Å²) < 4.78 is 43.9. The molecular formula is C12H17F3N4O. The number of alkyl halides is 3. The second kappa shape index (κ2) is 5.43. The van der Waals surface area contributed by atoms with Gasteiger partial charge in [-0.3, -0.25) is 0 Å². The number of nitrogens with zero attached hydrogens (tertiary/aromatic N) is 3. The van der Waals surface area contributed by atoms with E-state index in [0.717, 1.165) is 6.42 Å². The molecule has 5 nitrogen and oxygen atoms in total. The molecule has 0 aliphatic carbocycles. The van der Waals surface area contributed by atoms with Crippen molar-refractivity contribution in [3.63, 3.8) is 0 Å². The topological polar surface area (TPSA) is 50.3 Å². The second-order valence-electron chi connectivity index (χ2n) is 4.73. The Morgan fingerprint density at radius 3 is 2.60 bits per heavy atom. The maximum Gasteiger partial charge on any atom is 0.451 e. The molecule has 0 aromatic carbocycles. The Bertz CT molecular complexity index is 480. The van der Waals surface area contributed by atoms with Crippen LogP contribution in [0, 0.1) is 0 Å². The van der Waals surface area contributed by atoms with Gasteiger partial charge in [0, 0.05) is 26.8 Å². The Balaban J connectivity index is 2.35. The minimum absolute atomic E-state index is 0.00990. The fraction of sp³-hybridized carbons (Fsp3) is 0.667. The van der Waals surface area contributed by atoms with Crippen LogP contribution in [0.3, 0.4) is 0 Å². The summed E-state index contributed by atoms with van der Waals surface area (Å²) in [6.07, 6.45) is -3.85. The summed E-state index contributed by atoms with van der Waals surface area (Å²) in [5.74, 6) is -0.766. The van der Waals surface area contributed by atoms with E-state index in [0.29, 0.717) is 6.61 Å². The third-order valence-corrected chi connectivity index (χ3v) is 3.42. The van der Waals surface area contributed by atoms with Gasteiger partial charge < -0.3 is 15.0 Å². The zero-order valence-electron chi connectivity index (χ0n) is 11.5. The highest BCUT2D eigenvalue weighted by Crippen LogP contribution is 2.30. The Kier molecular flexibility index (Phi) is 4.03. The monoisotopic (exact) mass is 290 g/mol. The van der Waals surface area contributed by atoms with Crippen molar-refractivity contribution in [3.05, 3.63) is 11.9 Å². The second-order valence-corrected chi connectivity index (χ2v) is 4.73. The van der Waals surface area contributed by atoms with Gasteiger partial charge in [0.15, 0.2) is 0 Å². The smallest absolute Gasteiger partial charge is 0.376 e. The van der Waals surface area contributed by atoms with Crippen molar-refractivity contribution in [2.45, 2.75) is 31.7 Å². The average molecular weight is 290 g/mol. The van der Waals surface area contributed by atoms with Gasteiger partial charge >= 0.3 is 6.18 Å². The van der Waals surface area contributed by atoms with Crippen LogP contribution in [0.1, 0.15) is 19.2 Å². The normalized spacial score (nSPS) is 22.9. The number of aromatic nitrogens is 2. The number of rotatable bonds is 3. The van der Waals surface area contributed by atoms with Crippen LogP contribution in [0.4, 0.5) is 24.8 Å². The molecule has 0 saturated carbocycles. The van der Waals surface area contributed by atoms with Crippen molar-refractivity contribution in [3.8, 4) is 0 Å². The van der Waals surface area contributed by atoms with E-state index in [1.54, 1.807) is 11.9 Å². The molecule has 1 saturated heterocycles. The molecular weight excluding hydrogens is 273 g/mol. The minimum atomic E-state index is -4.57. The lowest BCUT2D eigenvalue weighted by Gasteiger charge is -2.28. The summed E-state index contributed by atoms with van der Waals surface area (Å²) in [7, 11) is 3.24. The lowest BCUT2D eigenvalue weighted by Crippen LogP contribution is -2.37. The van der Waals surface area contributed by atoms with Crippen molar-refractivity contribution < 1.29 is 17.9 Å². The van der Waals surface area contributed by atoms with E-state index in [2.05, 4.69) is 15.3 Å². The molecule has 2 unspecified atom stereocenters. The summed E-state index contributed by atoms with van der Waals surface area (Å²) in [5.41, 5.74) is 0. The van der Waals surface area contributed by atoms with Crippen LogP contribution in [-0.4, -0.2) is 42.8 Å². The fourth-order valence-electron chi connectivity index (χ4n) is 2.27. The third kappa shape index (κ3) is 2.95. The number of likely N-dealkylation sites (N-methyl/N-ethyl adjacent to an activating group) is 1. The highest BCUT2D eigenvalue weighted by atomic mass is 19.4. The maximum absolute atomic E-state index is 12.8. The number of halogens is 3. The van der Waals surface area contributed by atoms with Gasteiger partial charge in [0.05, 0.1) is 12.1 Å². The number of anilines is 2. The fourth-order valence-corrected chi connectivity index (χ4v) is 2.27. The quantitative estimate of drug-likeness (QED) is 0.924. The number of hydrogen-bond donors (Lipinski definition) is 1. The van der Waals surface area contributed by atoms with E-state index in [4.69, 9.17) is 4.74 Å². The first-order valence-electron chi connectivity index (χ1n) is 6.31. The summed E-state index contributed by atoms with van der Waals surface area (Å²) in [4.78, 5) is 8.79. The van der Waals surface area contributed by atoms with Gasteiger partial charge in [-0.05, 0) is 13.3 Å². The van der Waals surface area contributed by atoms with Crippen molar-refractivity contribution in [1.29, 1.82) is 0 Å². The summed E-state index contributed by atoms with van der Waals surface area (Å²) in [5, 5.41) is 2.63. The van der Waals surface area contributed by atoms with Crippen LogP contribution in [0.2, 0.25) is 0 Å². The standard InChI is InChI=1S/C12H17F3N4O/c1-7-8(4-5-20-7)19(3)10-6-9(16-2)17-11(18-10)12(13,14)15/h6-8H,4-5H2,1-3H3,(H,16,17,18). The first-order chi connectivity index (χ1) is 9.32. The van der Waals surface area contributed by atoms with E-state index < -0.39 is 12.0 Å². The van der Waals surface area contributed by atoms with Crippen LogP contribution < -0.4 is 10.2 Å². The number of ether oxygens (including phenoxy) is 1. The van der Waals surface area contributed by atoms with E-state index in [1.807, 2.05) is 6.92 Å². The Hall–Kier alpha value is -1.57. The molecule has 0 amide bonds. The Labute approximate surface area is 115 Å². The molecule has 1 aliphatic rings. The predicted molar refractivity (Wildman–Crippen MR) is 68.8 cm³/mol. The first kappa shape index (κ1) is 14.8. The molecule has 0 bridgehead atoms. The van der Waals surface area contributed by atoms with E-state index in [1.165, 1.54) is 13.1 Å². The van der Waals surface area contributed by atoms with Gasteiger partial charge in [0.25, 0.3) is 0 Å². The molecule has 2 heterocycles. The van der Waals surface area contributed by atoms with Crippen molar-refractivity contribution in [1.82, 2.24) is 9.97 Å². The molecule has 20 heavy (non-hydrogen) atoms. The maximum atomic E-state index is 12.8.